The van der Waals surface area contributed by atoms with Gasteiger partial charge in [-0.3, -0.25) is 0 Å². The summed E-state index contributed by atoms with van der Waals surface area (Å²) in [7, 11) is -2.67. The van der Waals surface area contributed by atoms with E-state index in [-0.39, 0.29) is 127 Å². The van der Waals surface area contributed by atoms with E-state index in [0.717, 1.165) is 0 Å². The second-order valence-corrected chi connectivity index (χ2v) is 0.307. The average Bonchev–Trinajstić information content (AvgIpc) is 0.811. The zero-order valence-electron chi connectivity index (χ0n) is 3.84. The molecule has 0 unspecified atom stereocenters. The summed E-state index contributed by atoms with van der Waals surface area (Å²) in [5.74, 6) is 0. The molecule has 0 rings (SSSR count). The van der Waals surface area contributed by atoms with Gasteiger partial charge in [-0.2, -0.15) is 0 Å². The van der Waals surface area contributed by atoms with Crippen LogP contribution >= 0.6 is 0 Å². The van der Waals surface area contributed by atoms with Crippen molar-refractivity contribution in [3.63, 3.8) is 0 Å². The summed E-state index contributed by atoms with van der Waals surface area (Å²) in [6, 6.07) is 0. The quantitative estimate of drug-likeness (QED) is 0.448. The van der Waals surface area contributed by atoms with Crippen LogP contribution < -0.4 is 137 Å². The zero-order valence-corrected chi connectivity index (χ0v) is 15.0. The van der Waals surface area contributed by atoms with Crippen molar-refractivity contribution in [2.24, 2.45) is 0 Å². The van der Waals surface area contributed by atoms with Crippen molar-refractivity contribution in [3.05, 3.63) is 0 Å². The molecule has 0 amide bonds. The van der Waals surface area contributed by atoms with Gasteiger partial charge in [0.2, 0.25) is 0 Å². The molecule has 3 nitrogen and oxygen atoms in total. The van der Waals surface area contributed by atoms with Crippen LogP contribution in [0.1, 0.15) is 0 Å². The normalized spacial score (nSPS) is 4.50. The summed E-state index contributed by atoms with van der Waals surface area (Å²) >= 11 is 0. The molecule has 0 aromatic heterocycles. The molecular formula is HBCsO3Rb. The van der Waals surface area contributed by atoms with Crippen LogP contribution in [0.5, 0.6) is 0 Å². The van der Waals surface area contributed by atoms with Crippen molar-refractivity contribution >= 4 is 7.32 Å². The molecule has 0 aromatic rings. The Kier molecular flexibility index (Phi) is 31.7. The summed E-state index contributed by atoms with van der Waals surface area (Å²) in [6.45, 7) is 0. The molecule has 0 aliphatic rings. The van der Waals surface area contributed by atoms with Crippen LogP contribution in [0.3, 0.4) is 0 Å². The minimum atomic E-state index is -2.67. The largest absolute Gasteiger partial charge is 1.00 e. The molecule has 0 fully saturated rings. The van der Waals surface area contributed by atoms with Gasteiger partial charge in [0.05, 0.1) is 7.32 Å². The fraction of sp³-hybridized carbons (Fsp3) is 0. The van der Waals surface area contributed by atoms with Gasteiger partial charge in [-0.25, -0.2) is 0 Å². The van der Waals surface area contributed by atoms with E-state index in [1.807, 2.05) is 0 Å². The molecule has 0 saturated carbocycles. The van der Waals surface area contributed by atoms with Crippen molar-refractivity contribution < 1.29 is 142 Å². The van der Waals surface area contributed by atoms with Crippen LogP contribution in [0.4, 0.5) is 0 Å². The zero-order chi connectivity index (χ0) is 3.58. The Balaban J connectivity index is -0.0000000450. The molecule has 6 heavy (non-hydrogen) atoms. The van der Waals surface area contributed by atoms with Crippen LogP contribution in [0.15, 0.2) is 0 Å². The van der Waals surface area contributed by atoms with Gasteiger partial charge in [0.1, 0.15) is 0 Å². The molecule has 6 heteroatoms. The van der Waals surface area contributed by atoms with Crippen LogP contribution in [0, 0.1) is 0 Å². The monoisotopic (exact) mass is 278 g/mol. The van der Waals surface area contributed by atoms with Crippen molar-refractivity contribution in [2.45, 2.75) is 0 Å². The van der Waals surface area contributed by atoms with Gasteiger partial charge in [-0.15, -0.1) is 0 Å². The predicted molar refractivity (Wildman–Crippen MR) is 7.97 cm³/mol. The van der Waals surface area contributed by atoms with Crippen molar-refractivity contribution in [1.82, 2.24) is 0 Å². The summed E-state index contributed by atoms with van der Waals surface area (Å²) in [6.07, 6.45) is 0. The van der Waals surface area contributed by atoms with Crippen LogP contribution in [-0.4, -0.2) is 12.3 Å². The molecule has 0 aliphatic heterocycles. The molecule has 0 atom stereocenters. The Morgan fingerprint density at radius 1 is 1.33 bits per heavy atom. The molecule has 0 heterocycles. The summed E-state index contributed by atoms with van der Waals surface area (Å²) < 4.78 is 0. The predicted octanol–water partition coefficient (Wildman–Crippen LogP) is -9.31. The average molecular weight is 278 g/mol. The summed E-state index contributed by atoms with van der Waals surface area (Å²) in [5, 5.41) is 24.0. The number of hydrogen-bond acceptors (Lipinski definition) is 3. The molecule has 1 N–H and O–H groups in total. The Hall–Kier alpha value is 3.80. The van der Waals surface area contributed by atoms with Crippen molar-refractivity contribution in [2.75, 3.05) is 0 Å². The number of hydrogen-bond donors (Lipinski definition) is 1. The molecule has 0 aromatic carbocycles. The van der Waals surface area contributed by atoms with E-state index < -0.39 is 7.32 Å². The van der Waals surface area contributed by atoms with Crippen LogP contribution in [-0.2, 0) is 0 Å². The fourth-order valence-corrected chi connectivity index (χ4v) is 0. The smallest absolute Gasteiger partial charge is 0.871 e. The van der Waals surface area contributed by atoms with Crippen LogP contribution in [0.25, 0.3) is 0 Å². The first-order valence-corrected chi connectivity index (χ1v) is 0.730. The van der Waals surface area contributed by atoms with Gasteiger partial charge in [0, 0.05) is 0 Å². The van der Waals surface area contributed by atoms with Crippen molar-refractivity contribution in [1.29, 1.82) is 0 Å². The Morgan fingerprint density at radius 3 is 1.33 bits per heavy atom. The van der Waals surface area contributed by atoms with E-state index in [0.29, 0.717) is 0 Å². The first-order valence-electron chi connectivity index (χ1n) is 0.730. The van der Waals surface area contributed by atoms with E-state index in [1.54, 1.807) is 0 Å². The van der Waals surface area contributed by atoms with Crippen LogP contribution in [0.2, 0.25) is 0 Å². The third-order valence-electron chi connectivity index (χ3n) is 0. The molecular weight excluding hydrogens is 277 g/mol. The minimum Gasteiger partial charge on any atom is -0.871 e. The standard InChI is InChI=1S/BHO3.Cs.Rb/c2-1(3)4;;/h2H;;/q-2;2*+1. The summed E-state index contributed by atoms with van der Waals surface area (Å²) in [4.78, 5) is 0. The fourth-order valence-electron chi connectivity index (χ4n) is 0. The number of rotatable bonds is 0. The molecule has 0 radical (unpaired) electrons. The van der Waals surface area contributed by atoms with E-state index in [2.05, 4.69) is 0 Å². The van der Waals surface area contributed by atoms with Gasteiger partial charge >= 0.3 is 127 Å². The maximum Gasteiger partial charge on any atom is 1.00 e. The van der Waals surface area contributed by atoms with E-state index in [9.17, 15) is 0 Å². The molecule has 0 saturated heterocycles. The molecule has 0 spiro atoms. The van der Waals surface area contributed by atoms with E-state index in [1.165, 1.54) is 0 Å². The Morgan fingerprint density at radius 2 is 1.33 bits per heavy atom. The second-order valence-electron chi connectivity index (χ2n) is 0.307. The van der Waals surface area contributed by atoms with Gasteiger partial charge < -0.3 is 15.1 Å². The first kappa shape index (κ1) is 16.4. The third-order valence-corrected chi connectivity index (χ3v) is 0. The third kappa shape index (κ3) is 25.0. The maximum absolute atomic E-state index is 8.53. The van der Waals surface area contributed by atoms with Gasteiger partial charge in [-0.1, -0.05) is 0 Å². The van der Waals surface area contributed by atoms with Crippen molar-refractivity contribution in [3.8, 4) is 0 Å². The molecule has 0 aliphatic carbocycles. The summed E-state index contributed by atoms with van der Waals surface area (Å²) in [5.41, 5.74) is 0. The van der Waals surface area contributed by atoms with E-state index >= 15 is 0 Å². The van der Waals surface area contributed by atoms with Gasteiger partial charge in [0.25, 0.3) is 0 Å². The topological polar surface area (TPSA) is 66.3 Å². The molecule has 0 bridgehead atoms. The van der Waals surface area contributed by atoms with Gasteiger partial charge in [-0.05, 0) is 0 Å². The SMILES string of the molecule is [Cs+].[O-]B([O-])O.[Rb+]. The minimum absolute atomic E-state index is 0. The van der Waals surface area contributed by atoms with Gasteiger partial charge in [0.15, 0.2) is 0 Å². The Labute approximate surface area is 144 Å². The maximum atomic E-state index is 8.53. The molecule has 24 valence electrons. The Bertz CT molecular complexity index is 15.5. The van der Waals surface area contributed by atoms with E-state index in [4.69, 9.17) is 15.1 Å². The first-order chi connectivity index (χ1) is 1.73. The second kappa shape index (κ2) is 11.6.